The average Bonchev–Trinajstić information content (AvgIpc) is 2.17. The number of hydrogen-bond donors (Lipinski definition) is 1. The van der Waals surface area contributed by atoms with E-state index >= 15 is 0 Å². The van der Waals surface area contributed by atoms with Crippen LogP contribution in [-0.4, -0.2) is 34.6 Å². The Morgan fingerprint density at radius 3 is 2.93 bits per heavy atom. The predicted octanol–water partition coefficient (Wildman–Crippen LogP) is 0.467. The summed E-state index contributed by atoms with van der Waals surface area (Å²) in [5.41, 5.74) is 0.243. The molecule has 14 heavy (non-hydrogen) atoms. The van der Waals surface area contributed by atoms with Crippen molar-refractivity contribution in [3.05, 3.63) is 18.1 Å². The molecule has 0 aromatic carbocycles. The number of nitrogens with zero attached hydrogens (tertiary/aromatic N) is 3. The first-order valence-electron chi connectivity index (χ1n) is 3.93. The zero-order valence-corrected chi connectivity index (χ0v) is 7.64. The van der Waals surface area contributed by atoms with E-state index in [9.17, 15) is 9.18 Å². The van der Waals surface area contributed by atoms with Crippen molar-refractivity contribution < 1.29 is 14.3 Å². The van der Waals surface area contributed by atoms with Crippen molar-refractivity contribution in [1.29, 1.82) is 0 Å². The number of halogens is 1. The number of alkyl halides is 1. The lowest BCUT2D eigenvalue weighted by atomic mass is 10.4. The summed E-state index contributed by atoms with van der Waals surface area (Å²) in [5, 5.41) is 8.51. The monoisotopic (exact) mass is 199 g/mol. The van der Waals surface area contributed by atoms with Crippen LogP contribution in [0.25, 0.3) is 0 Å². The van der Waals surface area contributed by atoms with Gasteiger partial charge in [-0.25, -0.2) is 14.4 Å². The first-order chi connectivity index (χ1) is 6.63. The quantitative estimate of drug-likeness (QED) is 0.763. The lowest BCUT2D eigenvalue weighted by molar-refractivity contribution is -0.135. The van der Waals surface area contributed by atoms with Crippen molar-refractivity contribution in [2.75, 3.05) is 18.5 Å². The molecule has 6 heteroatoms. The molecular weight excluding hydrogens is 189 g/mol. The van der Waals surface area contributed by atoms with Crippen molar-refractivity contribution in [1.82, 2.24) is 9.97 Å². The molecule has 0 amide bonds. The van der Waals surface area contributed by atoms with E-state index in [0.29, 0.717) is 5.82 Å². The second-order valence-corrected chi connectivity index (χ2v) is 2.75. The summed E-state index contributed by atoms with van der Waals surface area (Å²) < 4.78 is 12.2. The van der Waals surface area contributed by atoms with Crippen LogP contribution in [0.2, 0.25) is 0 Å². The zero-order valence-electron chi connectivity index (χ0n) is 7.64. The van der Waals surface area contributed by atoms with Crippen LogP contribution in [0, 0.1) is 0 Å². The smallest absolute Gasteiger partial charge is 0.323 e. The molecule has 1 aromatic heterocycles. The summed E-state index contributed by atoms with van der Waals surface area (Å²) >= 11 is 0. The van der Waals surface area contributed by atoms with Gasteiger partial charge in [-0.05, 0) is 0 Å². The van der Waals surface area contributed by atoms with Gasteiger partial charge in [0.15, 0.2) is 0 Å². The second kappa shape index (κ2) is 4.50. The van der Waals surface area contributed by atoms with Crippen molar-refractivity contribution in [3.63, 3.8) is 0 Å². The number of likely N-dealkylation sites (N-methyl/N-ethyl adjacent to an activating group) is 1. The van der Waals surface area contributed by atoms with Crippen LogP contribution in [0.3, 0.4) is 0 Å². The number of rotatable bonds is 4. The summed E-state index contributed by atoms with van der Waals surface area (Å²) in [7, 11) is 1.57. The fraction of sp³-hybridized carbons (Fsp3) is 0.375. The topological polar surface area (TPSA) is 66.3 Å². The summed E-state index contributed by atoms with van der Waals surface area (Å²) in [6, 6.07) is 1.42. The van der Waals surface area contributed by atoms with E-state index in [1.54, 1.807) is 7.05 Å². The van der Waals surface area contributed by atoms with Crippen molar-refractivity contribution in [3.8, 4) is 0 Å². The number of carboxylic acids is 1. The van der Waals surface area contributed by atoms with E-state index in [0.717, 1.165) is 0 Å². The Kier molecular flexibility index (Phi) is 3.33. The molecule has 0 aliphatic heterocycles. The van der Waals surface area contributed by atoms with E-state index in [2.05, 4.69) is 9.97 Å². The van der Waals surface area contributed by atoms with E-state index < -0.39 is 12.6 Å². The average molecular weight is 199 g/mol. The number of aliphatic carboxylic acids is 1. The molecule has 1 heterocycles. The third-order valence-electron chi connectivity index (χ3n) is 1.61. The zero-order chi connectivity index (χ0) is 10.6. The van der Waals surface area contributed by atoms with Gasteiger partial charge in [0.1, 0.15) is 25.4 Å². The minimum atomic E-state index is -0.965. The number of carbonyl (C=O) groups is 1. The van der Waals surface area contributed by atoms with Crippen molar-refractivity contribution in [2.45, 2.75) is 6.67 Å². The number of carboxylic acid groups (broad SMARTS) is 1. The van der Waals surface area contributed by atoms with Crippen LogP contribution < -0.4 is 4.90 Å². The summed E-state index contributed by atoms with van der Waals surface area (Å²) in [6.45, 7) is -0.862. The van der Waals surface area contributed by atoms with Gasteiger partial charge in [-0.15, -0.1) is 0 Å². The molecule has 0 aliphatic rings. The van der Waals surface area contributed by atoms with Crippen molar-refractivity contribution in [2.24, 2.45) is 0 Å². The van der Waals surface area contributed by atoms with E-state index in [1.807, 2.05) is 0 Å². The Hall–Kier alpha value is -1.72. The molecule has 0 radical (unpaired) electrons. The van der Waals surface area contributed by atoms with Crippen LogP contribution in [0.4, 0.5) is 10.2 Å². The molecule has 1 aromatic rings. The molecule has 1 N–H and O–H groups in total. The molecule has 0 saturated carbocycles. The maximum Gasteiger partial charge on any atom is 0.323 e. The standard InChI is InChI=1S/C8H10FN3O2/c1-12(4-8(13)14)7-2-6(3-9)10-5-11-7/h2,5H,3-4H2,1H3,(H,13,14). The van der Waals surface area contributed by atoms with E-state index in [-0.39, 0.29) is 12.2 Å². The molecule has 0 fully saturated rings. The van der Waals surface area contributed by atoms with Gasteiger partial charge >= 0.3 is 5.97 Å². The molecule has 0 saturated heterocycles. The van der Waals surface area contributed by atoms with Crippen LogP contribution >= 0.6 is 0 Å². The lowest BCUT2D eigenvalue weighted by Crippen LogP contribution is -2.26. The first kappa shape index (κ1) is 10.4. The minimum Gasteiger partial charge on any atom is -0.480 e. The SMILES string of the molecule is CN(CC(=O)O)c1cc(CF)ncn1. The number of anilines is 1. The Bertz CT molecular complexity index is 332. The third kappa shape index (κ3) is 2.65. The summed E-state index contributed by atoms with van der Waals surface area (Å²) in [4.78, 5) is 19.3. The van der Waals surface area contributed by atoms with Crippen LogP contribution in [0.5, 0.6) is 0 Å². The molecule has 0 atom stereocenters. The maximum atomic E-state index is 12.2. The molecule has 0 bridgehead atoms. The maximum absolute atomic E-state index is 12.2. The fourth-order valence-corrected chi connectivity index (χ4v) is 0.951. The Balaban J connectivity index is 2.78. The highest BCUT2D eigenvalue weighted by Gasteiger charge is 2.07. The van der Waals surface area contributed by atoms with Gasteiger partial charge in [-0.1, -0.05) is 0 Å². The van der Waals surface area contributed by atoms with Gasteiger partial charge in [-0.3, -0.25) is 4.79 Å². The highest BCUT2D eigenvalue weighted by Crippen LogP contribution is 2.09. The minimum absolute atomic E-state index is 0.178. The lowest BCUT2D eigenvalue weighted by Gasteiger charge is -2.14. The fourth-order valence-electron chi connectivity index (χ4n) is 0.951. The molecule has 0 aliphatic carbocycles. The van der Waals surface area contributed by atoms with E-state index in [4.69, 9.17) is 5.11 Å². The Morgan fingerprint density at radius 1 is 1.64 bits per heavy atom. The van der Waals surface area contributed by atoms with Gasteiger partial charge < -0.3 is 10.0 Å². The first-order valence-corrected chi connectivity index (χ1v) is 3.93. The predicted molar refractivity (Wildman–Crippen MR) is 47.7 cm³/mol. The van der Waals surface area contributed by atoms with Gasteiger partial charge in [0.2, 0.25) is 0 Å². The van der Waals surface area contributed by atoms with Gasteiger partial charge in [0.05, 0.1) is 5.69 Å². The molecule has 76 valence electrons. The molecule has 1 rings (SSSR count). The second-order valence-electron chi connectivity index (χ2n) is 2.75. The highest BCUT2D eigenvalue weighted by molar-refractivity contribution is 5.72. The molecule has 0 spiro atoms. The number of hydrogen-bond acceptors (Lipinski definition) is 4. The van der Waals surface area contributed by atoms with Crippen LogP contribution in [0.1, 0.15) is 5.69 Å². The summed E-state index contributed by atoms with van der Waals surface area (Å²) in [5.74, 6) is -0.567. The Labute approximate surface area is 80.2 Å². The van der Waals surface area contributed by atoms with Gasteiger partial charge in [-0.2, -0.15) is 0 Å². The van der Waals surface area contributed by atoms with Gasteiger partial charge in [0, 0.05) is 13.1 Å². The number of aromatic nitrogens is 2. The highest BCUT2D eigenvalue weighted by atomic mass is 19.1. The molecule has 0 unspecified atom stereocenters. The third-order valence-corrected chi connectivity index (χ3v) is 1.61. The normalized spacial score (nSPS) is 9.86. The molecular formula is C8H10FN3O2. The van der Waals surface area contributed by atoms with E-state index in [1.165, 1.54) is 17.3 Å². The van der Waals surface area contributed by atoms with Crippen LogP contribution in [0.15, 0.2) is 12.4 Å². The van der Waals surface area contributed by atoms with Crippen molar-refractivity contribution >= 4 is 11.8 Å². The van der Waals surface area contributed by atoms with Crippen LogP contribution in [-0.2, 0) is 11.5 Å². The summed E-state index contributed by atoms with van der Waals surface area (Å²) in [6.07, 6.45) is 1.21. The largest absolute Gasteiger partial charge is 0.480 e. The van der Waals surface area contributed by atoms with Gasteiger partial charge in [0.25, 0.3) is 0 Å². The molecule has 5 nitrogen and oxygen atoms in total. The Morgan fingerprint density at radius 2 is 2.36 bits per heavy atom.